The van der Waals surface area contributed by atoms with Crippen LogP contribution in [0.3, 0.4) is 0 Å². The molecule has 1 aromatic heterocycles. The Morgan fingerprint density at radius 1 is 1.10 bits per heavy atom. The molecule has 1 N–H and O–H groups in total. The summed E-state index contributed by atoms with van der Waals surface area (Å²) < 4.78 is 11.1. The number of carbonyl (C=O) groups is 1. The van der Waals surface area contributed by atoms with Crippen molar-refractivity contribution in [2.45, 2.75) is 40.3 Å². The van der Waals surface area contributed by atoms with Crippen molar-refractivity contribution in [3.05, 3.63) is 82.7 Å². The lowest BCUT2D eigenvalue weighted by molar-refractivity contribution is 0.0934. The SMILES string of the molecule is CCN(CC)C(CNC(=O)c1cccc(OCc2c(C)noc2C)c1)c1ccccc1. The maximum absolute atomic E-state index is 12.9. The topological polar surface area (TPSA) is 67.6 Å². The van der Waals surface area contributed by atoms with Crippen LogP contribution in [0.1, 0.15) is 52.8 Å². The van der Waals surface area contributed by atoms with Crippen molar-refractivity contribution in [3.63, 3.8) is 0 Å². The number of aryl methyl sites for hydroxylation is 2. The Kier molecular flexibility index (Phi) is 7.84. The Balaban J connectivity index is 1.66. The molecule has 0 aliphatic carbocycles. The minimum Gasteiger partial charge on any atom is -0.489 e. The first kappa shape index (κ1) is 22.6. The van der Waals surface area contributed by atoms with Crippen molar-refractivity contribution in [1.29, 1.82) is 0 Å². The van der Waals surface area contributed by atoms with E-state index < -0.39 is 0 Å². The second-order valence-corrected chi connectivity index (χ2v) is 7.48. The first-order chi connectivity index (χ1) is 15.0. The van der Waals surface area contributed by atoms with Crippen molar-refractivity contribution in [2.24, 2.45) is 0 Å². The molecule has 0 bridgehead atoms. The third-order valence-electron chi connectivity index (χ3n) is 5.55. The molecule has 0 saturated carbocycles. The normalized spacial score (nSPS) is 12.0. The molecule has 3 aromatic rings. The van der Waals surface area contributed by atoms with Crippen LogP contribution < -0.4 is 10.1 Å². The number of amides is 1. The van der Waals surface area contributed by atoms with Crippen LogP contribution in [0, 0.1) is 13.8 Å². The van der Waals surface area contributed by atoms with Crippen molar-refractivity contribution in [3.8, 4) is 5.75 Å². The minimum atomic E-state index is -0.115. The molecular formula is C25H31N3O3. The Labute approximate surface area is 184 Å². The molecule has 1 atom stereocenters. The van der Waals surface area contributed by atoms with Gasteiger partial charge in [0.05, 0.1) is 17.3 Å². The average Bonchev–Trinajstić information content (AvgIpc) is 3.13. The van der Waals surface area contributed by atoms with E-state index in [1.165, 1.54) is 5.56 Å². The van der Waals surface area contributed by atoms with E-state index in [-0.39, 0.29) is 11.9 Å². The van der Waals surface area contributed by atoms with E-state index in [9.17, 15) is 4.79 Å². The van der Waals surface area contributed by atoms with E-state index in [4.69, 9.17) is 9.26 Å². The molecule has 0 radical (unpaired) electrons. The first-order valence-electron chi connectivity index (χ1n) is 10.7. The number of benzene rings is 2. The lowest BCUT2D eigenvalue weighted by atomic mass is 10.0. The van der Waals surface area contributed by atoms with Gasteiger partial charge in [-0.25, -0.2) is 0 Å². The van der Waals surface area contributed by atoms with Gasteiger partial charge in [0, 0.05) is 12.1 Å². The van der Waals surface area contributed by atoms with E-state index in [2.05, 4.69) is 41.4 Å². The largest absolute Gasteiger partial charge is 0.489 e. The summed E-state index contributed by atoms with van der Waals surface area (Å²) in [7, 11) is 0. The van der Waals surface area contributed by atoms with Crippen LogP contribution in [0.4, 0.5) is 0 Å². The van der Waals surface area contributed by atoms with E-state index in [1.54, 1.807) is 12.1 Å². The molecule has 1 heterocycles. The van der Waals surface area contributed by atoms with Gasteiger partial charge in [-0.2, -0.15) is 0 Å². The van der Waals surface area contributed by atoms with Gasteiger partial charge in [-0.15, -0.1) is 0 Å². The molecule has 0 aliphatic heterocycles. The summed E-state index contributed by atoms with van der Waals surface area (Å²) in [4.78, 5) is 15.2. The quantitative estimate of drug-likeness (QED) is 0.515. The van der Waals surface area contributed by atoms with E-state index >= 15 is 0 Å². The zero-order chi connectivity index (χ0) is 22.2. The smallest absolute Gasteiger partial charge is 0.251 e. The summed E-state index contributed by atoms with van der Waals surface area (Å²) >= 11 is 0. The summed E-state index contributed by atoms with van der Waals surface area (Å²) in [5.74, 6) is 1.27. The molecule has 6 heteroatoms. The fourth-order valence-corrected chi connectivity index (χ4v) is 3.68. The Morgan fingerprint density at radius 3 is 2.48 bits per heavy atom. The first-order valence-corrected chi connectivity index (χ1v) is 10.7. The summed E-state index contributed by atoms with van der Waals surface area (Å²) in [5.41, 5.74) is 3.51. The zero-order valence-electron chi connectivity index (χ0n) is 18.7. The molecule has 3 rings (SSSR count). The lowest BCUT2D eigenvalue weighted by Crippen LogP contribution is -2.38. The molecule has 0 fully saturated rings. The van der Waals surface area contributed by atoms with E-state index in [0.717, 1.165) is 30.1 Å². The molecule has 1 unspecified atom stereocenters. The van der Waals surface area contributed by atoms with Crippen molar-refractivity contribution < 1.29 is 14.1 Å². The zero-order valence-corrected chi connectivity index (χ0v) is 18.7. The molecule has 0 saturated heterocycles. The van der Waals surface area contributed by atoms with Crippen LogP contribution in [0.2, 0.25) is 0 Å². The van der Waals surface area contributed by atoms with Crippen LogP contribution in [0.25, 0.3) is 0 Å². The number of hydrogen-bond donors (Lipinski definition) is 1. The second-order valence-electron chi connectivity index (χ2n) is 7.48. The Bertz CT molecular complexity index is 961. The average molecular weight is 422 g/mol. The van der Waals surface area contributed by atoms with Crippen molar-refractivity contribution >= 4 is 5.91 Å². The predicted molar refractivity (Wildman–Crippen MR) is 121 cm³/mol. The summed E-state index contributed by atoms with van der Waals surface area (Å²) in [5, 5.41) is 7.05. The lowest BCUT2D eigenvalue weighted by Gasteiger charge is -2.30. The minimum absolute atomic E-state index is 0.115. The Hall–Kier alpha value is -3.12. The highest BCUT2D eigenvalue weighted by atomic mass is 16.5. The third-order valence-corrected chi connectivity index (χ3v) is 5.55. The van der Waals surface area contributed by atoms with Gasteiger partial charge < -0.3 is 14.6 Å². The fraction of sp³-hybridized carbons (Fsp3) is 0.360. The highest BCUT2D eigenvalue weighted by Crippen LogP contribution is 2.21. The van der Waals surface area contributed by atoms with Gasteiger partial charge in [0.15, 0.2) is 0 Å². The molecule has 164 valence electrons. The maximum atomic E-state index is 12.9. The van der Waals surface area contributed by atoms with Gasteiger partial charge in [-0.1, -0.05) is 55.4 Å². The number of likely N-dealkylation sites (N-methyl/N-ethyl adjacent to an activating group) is 1. The van der Waals surface area contributed by atoms with Crippen molar-refractivity contribution in [2.75, 3.05) is 19.6 Å². The third kappa shape index (κ3) is 5.73. The van der Waals surface area contributed by atoms with Gasteiger partial charge in [0.2, 0.25) is 0 Å². The molecule has 0 aliphatic rings. The van der Waals surface area contributed by atoms with Crippen molar-refractivity contribution in [1.82, 2.24) is 15.4 Å². The van der Waals surface area contributed by atoms with E-state index in [0.29, 0.717) is 24.5 Å². The summed E-state index contributed by atoms with van der Waals surface area (Å²) in [6.07, 6.45) is 0. The van der Waals surface area contributed by atoms with E-state index in [1.807, 2.05) is 44.2 Å². The van der Waals surface area contributed by atoms with Gasteiger partial charge >= 0.3 is 0 Å². The highest BCUT2D eigenvalue weighted by molar-refractivity contribution is 5.94. The van der Waals surface area contributed by atoms with Gasteiger partial charge in [-0.3, -0.25) is 9.69 Å². The number of ether oxygens (including phenoxy) is 1. The molecule has 2 aromatic carbocycles. The van der Waals surface area contributed by atoms with Gasteiger partial charge in [0.25, 0.3) is 5.91 Å². The second kappa shape index (κ2) is 10.8. The van der Waals surface area contributed by atoms with Crippen LogP contribution in [0.15, 0.2) is 59.1 Å². The van der Waals surface area contributed by atoms with Crippen LogP contribution in [0.5, 0.6) is 5.75 Å². The number of aromatic nitrogens is 1. The summed E-state index contributed by atoms with van der Waals surface area (Å²) in [6.45, 7) is 10.7. The number of nitrogens with one attached hydrogen (secondary N) is 1. The predicted octanol–water partition coefficient (Wildman–Crippen LogP) is 4.68. The maximum Gasteiger partial charge on any atom is 0.251 e. The Morgan fingerprint density at radius 2 is 1.84 bits per heavy atom. The summed E-state index contributed by atoms with van der Waals surface area (Å²) in [6, 6.07) is 17.7. The van der Waals surface area contributed by atoms with Gasteiger partial charge in [-0.05, 0) is 50.7 Å². The van der Waals surface area contributed by atoms with Crippen LogP contribution >= 0.6 is 0 Å². The molecule has 6 nitrogen and oxygen atoms in total. The highest BCUT2D eigenvalue weighted by Gasteiger charge is 2.19. The fourth-order valence-electron chi connectivity index (χ4n) is 3.68. The monoisotopic (exact) mass is 421 g/mol. The standard InChI is InChI=1S/C25H31N3O3/c1-5-28(6-2)24(20-11-8-7-9-12-20)16-26-25(29)21-13-10-14-22(15-21)30-17-23-18(3)27-31-19(23)4/h7-15,24H,5-6,16-17H2,1-4H3,(H,26,29). The number of nitrogens with zero attached hydrogens (tertiary/aromatic N) is 2. The molecule has 31 heavy (non-hydrogen) atoms. The molecule has 0 spiro atoms. The van der Waals surface area contributed by atoms with Gasteiger partial charge in [0.1, 0.15) is 18.1 Å². The number of carbonyl (C=O) groups excluding carboxylic acids is 1. The van der Waals surface area contributed by atoms with Crippen LogP contribution in [-0.4, -0.2) is 35.6 Å². The number of rotatable bonds is 10. The molecule has 1 amide bonds. The number of hydrogen-bond acceptors (Lipinski definition) is 5. The van der Waals surface area contributed by atoms with Crippen LogP contribution in [-0.2, 0) is 6.61 Å². The molecular weight excluding hydrogens is 390 g/mol.